The lowest BCUT2D eigenvalue weighted by Gasteiger charge is -2.08. The molecule has 0 spiro atoms. The second-order valence-electron chi connectivity index (χ2n) is 3.10. The molecule has 0 saturated carbocycles. The molecule has 0 aliphatic rings. The Hall–Kier alpha value is -1.98. The summed E-state index contributed by atoms with van der Waals surface area (Å²) in [4.78, 5) is 15.3. The Kier molecular flexibility index (Phi) is 4.38. The van der Waals surface area contributed by atoms with Crippen molar-refractivity contribution in [2.24, 2.45) is 0 Å². The Morgan fingerprint density at radius 3 is 2.94 bits per heavy atom. The van der Waals surface area contributed by atoms with E-state index in [1.165, 1.54) is 7.11 Å². The standard InChI is InChI=1S/C10H16N4O2/c1-3-12-9(15)6-13-8-5-4-7(11)10(14-8)16-2/h4-5H,3,6,11H2,1-2H3,(H,12,15)(H,13,14). The lowest BCUT2D eigenvalue weighted by molar-refractivity contribution is -0.119. The molecule has 6 nitrogen and oxygen atoms in total. The maximum absolute atomic E-state index is 11.2. The van der Waals surface area contributed by atoms with Gasteiger partial charge in [-0.1, -0.05) is 0 Å². The lowest BCUT2D eigenvalue weighted by Crippen LogP contribution is -2.29. The maximum atomic E-state index is 11.2. The minimum absolute atomic E-state index is 0.0832. The fraction of sp³-hybridized carbons (Fsp3) is 0.400. The van der Waals surface area contributed by atoms with Crippen molar-refractivity contribution in [3.63, 3.8) is 0 Å². The summed E-state index contributed by atoms with van der Waals surface area (Å²) in [7, 11) is 1.49. The molecule has 6 heteroatoms. The van der Waals surface area contributed by atoms with Crippen LogP contribution < -0.4 is 21.1 Å². The molecule has 16 heavy (non-hydrogen) atoms. The number of carbonyl (C=O) groups excluding carboxylic acids is 1. The maximum Gasteiger partial charge on any atom is 0.239 e. The molecule has 0 atom stereocenters. The van der Waals surface area contributed by atoms with Gasteiger partial charge >= 0.3 is 0 Å². The van der Waals surface area contributed by atoms with Gasteiger partial charge in [-0.2, -0.15) is 4.98 Å². The Balaban J connectivity index is 2.57. The first-order chi connectivity index (χ1) is 7.67. The summed E-state index contributed by atoms with van der Waals surface area (Å²) in [6.07, 6.45) is 0. The van der Waals surface area contributed by atoms with Crippen LogP contribution in [-0.2, 0) is 4.79 Å². The lowest BCUT2D eigenvalue weighted by atomic mass is 10.4. The minimum atomic E-state index is -0.0832. The summed E-state index contributed by atoms with van der Waals surface area (Å²) in [5.41, 5.74) is 6.07. The number of rotatable bonds is 5. The van der Waals surface area contributed by atoms with E-state index in [2.05, 4.69) is 15.6 Å². The molecule has 1 heterocycles. The van der Waals surface area contributed by atoms with E-state index in [4.69, 9.17) is 10.5 Å². The van der Waals surface area contributed by atoms with E-state index < -0.39 is 0 Å². The number of anilines is 2. The monoisotopic (exact) mass is 224 g/mol. The Bertz CT molecular complexity index is 368. The molecule has 1 rings (SSSR count). The molecule has 1 aromatic heterocycles. The van der Waals surface area contributed by atoms with Crippen molar-refractivity contribution >= 4 is 17.4 Å². The van der Waals surface area contributed by atoms with Crippen molar-refractivity contribution in [1.29, 1.82) is 0 Å². The number of carbonyl (C=O) groups is 1. The quantitative estimate of drug-likeness (QED) is 0.665. The average molecular weight is 224 g/mol. The molecule has 0 aromatic carbocycles. The number of likely N-dealkylation sites (N-methyl/N-ethyl adjacent to an activating group) is 1. The van der Waals surface area contributed by atoms with Crippen molar-refractivity contribution in [3.05, 3.63) is 12.1 Å². The topological polar surface area (TPSA) is 89.3 Å². The van der Waals surface area contributed by atoms with Crippen molar-refractivity contribution in [2.45, 2.75) is 6.92 Å². The largest absolute Gasteiger partial charge is 0.479 e. The van der Waals surface area contributed by atoms with E-state index >= 15 is 0 Å². The van der Waals surface area contributed by atoms with Crippen molar-refractivity contribution in [3.8, 4) is 5.88 Å². The Labute approximate surface area is 94.2 Å². The predicted octanol–water partition coefficient (Wildman–Crippen LogP) is 0.220. The molecule has 0 aliphatic carbocycles. The number of nitrogens with two attached hydrogens (primary N) is 1. The first-order valence-corrected chi connectivity index (χ1v) is 4.98. The zero-order valence-electron chi connectivity index (χ0n) is 9.41. The third-order valence-corrected chi connectivity index (χ3v) is 1.89. The zero-order valence-corrected chi connectivity index (χ0v) is 9.41. The normalized spacial score (nSPS) is 9.62. The highest BCUT2D eigenvalue weighted by atomic mass is 16.5. The van der Waals surface area contributed by atoms with Gasteiger partial charge in [0, 0.05) is 6.54 Å². The number of nitrogens with one attached hydrogen (secondary N) is 2. The van der Waals surface area contributed by atoms with Crippen LogP contribution in [0.25, 0.3) is 0 Å². The van der Waals surface area contributed by atoms with E-state index in [-0.39, 0.29) is 12.5 Å². The molecule has 0 unspecified atom stereocenters. The van der Waals surface area contributed by atoms with Crippen LogP contribution in [0, 0.1) is 0 Å². The van der Waals surface area contributed by atoms with Gasteiger partial charge in [0.25, 0.3) is 0 Å². The number of methoxy groups -OCH3 is 1. The first kappa shape index (κ1) is 12.1. The number of ether oxygens (including phenoxy) is 1. The first-order valence-electron chi connectivity index (χ1n) is 4.98. The number of pyridine rings is 1. The summed E-state index contributed by atoms with van der Waals surface area (Å²) in [5, 5.41) is 5.54. The van der Waals surface area contributed by atoms with Gasteiger partial charge in [0.2, 0.25) is 11.8 Å². The van der Waals surface area contributed by atoms with E-state index in [9.17, 15) is 4.79 Å². The number of aromatic nitrogens is 1. The fourth-order valence-corrected chi connectivity index (χ4v) is 1.14. The average Bonchev–Trinajstić information content (AvgIpc) is 2.28. The third-order valence-electron chi connectivity index (χ3n) is 1.89. The molecule has 1 amide bonds. The fourth-order valence-electron chi connectivity index (χ4n) is 1.14. The van der Waals surface area contributed by atoms with Crippen molar-refractivity contribution in [2.75, 3.05) is 31.2 Å². The highest BCUT2D eigenvalue weighted by Crippen LogP contribution is 2.19. The van der Waals surface area contributed by atoms with E-state index in [0.29, 0.717) is 23.9 Å². The van der Waals surface area contributed by atoms with Gasteiger partial charge < -0.3 is 21.1 Å². The van der Waals surface area contributed by atoms with Crippen LogP contribution in [0.1, 0.15) is 6.92 Å². The molecular formula is C10H16N4O2. The molecule has 88 valence electrons. The number of amides is 1. The van der Waals surface area contributed by atoms with Crippen LogP contribution in [0.5, 0.6) is 5.88 Å². The van der Waals surface area contributed by atoms with Gasteiger partial charge in [-0.25, -0.2) is 0 Å². The molecular weight excluding hydrogens is 208 g/mol. The molecule has 0 aliphatic heterocycles. The number of nitrogen functional groups attached to an aromatic ring is 1. The minimum Gasteiger partial charge on any atom is -0.479 e. The Morgan fingerprint density at radius 2 is 2.31 bits per heavy atom. The second kappa shape index (κ2) is 5.79. The van der Waals surface area contributed by atoms with Crippen LogP contribution in [0.15, 0.2) is 12.1 Å². The number of hydrogen-bond acceptors (Lipinski definition) is 5. The van der Waals surface area contributed by atoms with Crippen LogP contribution in [0.4, 0.5) is 11.5 Å². The van der Waals surface area contributed by atoms with Crippen molar-refractivity contribution in [1.82, 2.24) is 10.3 Å². The number of hydrogen-bond donors (Lipinski definition) is 3. The summed E-state index contributed by atoms with van der Waals surface area (Å²) >= 11 is 0. The second-order valence-corrected chi connectivity index (χ2v) is 3.10. The number of nitrogens with zero attached hydrogens (tertiary/aromatic N) is 1. The predicted molar refractivity (Wildman–Crippen MR) is 62.4 cm³/mol. The van der Waals surface area contributed by atoms with E-state index in [1.807, 2.05) is 6.92 Å². The van der Waals surface area contributed by atoms with Gasteiger partial charge in [-0.15, -0.1) is 0 Å². The van der Waals surface area contributed by atoms with Crippen molar-refractivity contribution < 1.29 is 9.53 Å². The molecule has 1 aromatic rings. The van der Waals surface area contributed by atoms with Gasteiger partial charge in [0.05, 0.1) is 19.3 Å². The van der Waals surface area contributed by atoms with Crippen LogP contribution >= 0.6 is 0 Å². The van der Waals surface area contributed by atoms with Crippen LogP contribution in [0.2, 0.25) is 0 Å². The molecule has 0 saturated heterocycles. The summed E-state index contributed by atoms with van der Waals surface area (Å²) in [6.45, 7) is 2.65. The van der Waals surface area contributed by atoms with Crippen LogP contribution in [-0.4, -0.2) is 31.1 Å². The molecule has 0 radical (unpaired) electrons. The molecule has 4 N–H and O–H groups in total. The van der Waals surface area contributed by atoms with Gasteiger partial charge in [0.1, 0.15) is 5.82 Å². The zero-order chi connectivity index (χ0) is 12.0. The highest BCUT2D eigenvalue weighted by Gasteiger charge is 2.04. The summed E-state index contributed by atoms with van der Waals surface area (Å²) < 4.78 is 4.96. The Morgan fingerprint density at radius 1 is 1.56 bits per heavy atom. The summed E-state index contributed by atoms with van der Waals surface area (Å²) in [6, 6.07) is 3.36. The van der Waals surface area contributed by atoms with Crippen LogP contribution in [0.3, 0.4) is 0 Å². The van der Waals surface area contributed by atoms with Gasteiger partial charge in [0.15, 0.2) is 0 Å². The molecule has 0 bridgehead atoms. The third kappa shape index (κ3) is 3.30. The molecule has 0 fully saturated rings. The van der Waals surface area contributed by atoms with E-state index in [0.717, 1.165) is 0 Å². The SMILES string of the molecule is CCNC(=O)CNc1ccc(N)c(OC)n1. The van der Waals surface area contributed by atoms with Gasteiger partial charge in [-0.3, -0.25) is 4.79 Å². The smallest absolute Gasteiger partial charge is 0.239 e. The highest BCUT2D eigenvalue weighted by molar-refractivity contribution is 5.80. The van der Waals surface area contributed by atoms with E-state index in [1.54, 1.807) is 12.1 Å². The van der Waals surface area contributed by atoms with Gasteiger partial charge in [-0.05, 0) is 19.1 Å². The summed E-state index contributed by atoms with van der Waals surface area (Å²) in [5.74, 6) is 0.818.